The van der Waals surface area contributed by atoms with E-state index in [2.05, 4.69) is 10.6 Å². The van der Waals surface area contributed by atoms with Gasteiger partial charge in [-0.15, -0.1) is 12.4 Å². The molecule has 0 aliphatic carbocycles. The molecule has 22 heavy (non-hydrogen) atoms. The normalized spacial score (nSPS) is 13.0. The highest BCUT2D eigenvalue weighted by atomic mass is 35.5. The largest absolute Gasteiger partial charge is 0.354 e. The molecule has 2 amide bonds. The first kappa shape index (κ1) is 20.4. The third kappa shape index (κ3) is 6.91. The molecule has 1 aromatic rings. The summed E-state index contributed by atoms with van der Waals surface area (Å²) in [5.74, 6) is -0.228. The van der Waals surface area contributed by atoms with Gasteiger partial charge >= 0.3 is 0 Å². The van der Waals surface area contributed by atoms with E-state index in [0.717, 1.165) is 0 Å². The first-order chi connectivity index (χ1) is 9.91. The maximum Gasteiger partial charge on any atom is 0.239 e. The van der Waals surface area contributed by atoms with Crippen LogP contribution < -0.4 is 16.4 Å². The average Bonchev–Trinajstić information content (AvgIpc) is 2.50. The molecule has 1 rings (SSSR count). The molecule has 0 aromatic heterocycles. The van der Waals surface area contributed by atoms with Crippen LogP contribution in [0.4, 0.5) is 0 Å². The lowest BCUT2D eigenvalue weighted by Gasteiger charge is -2.16. The smallest absolute Gasteiger partial charge is 0.239 e. The molecule has 1 aromatic carbocycles. The van der Waals surface area contributed by atoms with Crippen molar-refractivity contribution in [3.63, 3.8) is 0 Å². The lowest BCUT2D eigenvalue weighted by atomic mass is 10.0. The second kappa shape index (κ2) is 10.2. The van der Waals surface area contributed by atoms with Crippen LogP contribution in [0.2, 0.25) is 0 Å². The van der Waals surface area contributed by atoms with Crippen molar-refractivity contribution in [3.05, 3.63) is 35.9 Å². The summed E-state index contributed by atoms with van der Waals surface area (Å²) >= 11 is 0. The van der Waals surface area contributed by atoms with Gasteiger partial charge in [0.2, 0.25) is 11.8 Å². The van der Waals surface area contributed by atoms with Crippen molar-refractivity contribution in [1.29, 1.82) is 0 Å². The summed E-state index contributed by atoms with van der Waals surface area (Å²) in [5, 5.41) is 5.36. The molecule has 0 radical (unpaired) electrons. The molecule has 4 N–H and O–H groups in total. The van der Waals surface area contributed by atoms with E-state index in [9.17, 15) is 9.59 Å². The number of benzene rings is 1. The van der Waals surface area contributed by atoms with Gasteiger partial charge in [-0.25, -0.2) is 0 Å². The lowest BCUT2D eigenvalue weighted by molar-refractivity contribution is -0.127. The highest BCUT2D eigenvalue weighted by molar-refractivity contribution is 5.87. The molecule has 0 saturated carbocycles. The summed E-state index contributed by atoms with van der Waals surface area (Å²) in [4.78, 5) is 23.3. The molecule has 6 heteroatoms. The lowest BCUT2D eigenvalue weighted by Crippen LogP contribution is -2.47. The molecule has 124 valence electrons. The molecule has 0 heterocycles. The van der Waals surface area contributed by atoms with Crippen LogP contribution in [0, 0.1) is 5.92 Å². The molecule has 0 aliphatic heterocycles. The summed E-state index contributed by atoms with van der Waals surface area (Å²) in [5.41, 5.74) is 6.87. The Kier molecular flexibility index (Phi) is 9.45. The number of amides is 2. The molecule has 0 fully saturated rings. The predicted octanol–water partition coefficient (Wildman–Crippen LogP) is 1.43. The fourth-order valence-corrected chi connectivity index (χ4v) is 1.82. The van der Waals surface area contributed by atoms with Crippen LogP contribution in [-0.4, -0.2) is 30.9 Å². The molecular weight excluding hydrogens is 302 g/mol. The van der Waals surface area contributed by atoms with Gasteiger partial charge in [0.15, 0.2) is 0 Å². The van der Waals surface area contributed by atoms with E-state index in [4.69, 9.17) is 5.73 Å². The van der Waals surface area contributed by atoms with Crippen molar-refractivity contribution in [3.8, 4) is 0 Å². The molecule has 2 atom stereocenters. The Morgan fingerprint density at radius 2 is 1.68 bits per heavy atom. The molecule has 0 aliphatic rings. The van der Waals surface area contributed by atoms with E-state index < -0.39 is 6.04 Å². The van der Waals surface area contributed by atoms with Gasteiger partial charge in [-0.2, -0.15) is 0 Å². The number of hydrogen-bond donors (Lipinski definition) is 3. The number of hydrogen-bond acceptors (Lipinski definition) is 3. The number of nitrogens with one attached hydrogen (secondary N) is 2. The van der Waals surface area contributed by atoms with Gasteiger partial charge in [0.1, 0.15) is 0 Å². The Bertz CT molecular complexity index is 466. The third-order valence-electron chi connectivity index (χ3n) is 3.42. The van der Waals surface area contributed by atoms with E-state index in [1.54, 1.807) is 0 Å². The minimum absolute atomic E-state index is 0. The van der Waals surface area contributed by atoms with Crippen LogP contribution in [0.1, 0.15) is 32.3 Å². The molecule has 0 bridgehead atoms. The molecule has 0 saturated heterocycles. The summed E-state index contributed by atoms with van der Waals surface area (Å²) < 4.78 is 0. The van der Waals surface area contributed by atoms with Crippen molar-refractivity contribution in [1.82, 2.24) is 10.6 Å². The number of halogens is 1. The van der Waals surface area contributed by atoms with Gasteiger partial charge in [-0.3, -0.25) is 9.59 Å². The van der Waals surface area contributed by atoms with Gasteiger partial charge in [0.05, 0.1) is 12.6 Å². The Labute approximate surface area is 138 Å². The quantitative estimate of drug-likeness (QED) is 0.708. The van der Waals surface area contributed by atoms with Gasteiger partial charge in [0, 0.05) is 6.54 Å². The molecule has 1 unspecified atom stereocenters. The fraction of sp³-hybridized carbons (Fsp3) is 0.500. The zero-order valence-electron chi connectivity index (χ0n) is 13.3. The third-order valence-corrected chi connectivity index (χ3v) is 3.42. The van der Waals surface area contributed by atoms with Crippen LogP contribution in [0.5, 0.6) is 0 Å². The highest BCUT2D eigenvalue weighted by Crippen LogP contribution is 2.12. The Morgan fingerprint density at radius 1 is 1.09 bits per heavy atom. The number of rotatable bonds is 7. The Morgan fingerprint density at radius 3 is 2.23 bits per heavy atom. The summed E-state index contributed by atoms with van der Waals surface area (Å²) in [6, 6.07) is 9.38. The molecule has 5 nitrogen and oxygen atoms in total. The van der Waals surface area contributed by atoms with E-state index >= 15 is 0 Å². The van der Waals surface area contributed by atoms with Crippen LogP contribution in [0.3, 0.4) is 0 Å². The van der Waals surface area contributed by atoms with E-state index in [0.29, 0.717) is 6.54 Å². The number of carbonyl (C=O) groups is 2. The van der Waals surface area contributed by atoms with Crippen molar-refractivity contribution in [2.45, 2.75) is 32.7 Å². The summed E-state index contributed by atoms with van der Waals surface area (Å²) in [6.07, 6.45) is 0. The zero-order valence-corrected chi connectivity index (χ0v) is 14.2. The van der Waals surface area contributed by atoms with Crippen LogP contribution in [-0.2, 0) is 9.59 Å². The predicted molar refractivity (Wildman–Crippen MR) is 90.9 cm³/mol. The SMILES string of the molecule is CC(CNC(=O)CNC(=O)[C@@H](N)C(C)C)c1ccccc1.Cl. The standard InChI is InChI=1S/C16H25N3O2.ClH/c1-11(2)15(17)16(21)19-10-14(20)18-9-12(3)13-7-5-4-6-8-13;/h4-8,11-12,15H,9-10,17H2,1-3H3,(H,18,20)(H,19,21);1H/t12?,15-;/m0./s1. The monoisotopic (exact) mass is 327 g/mol. The minimum atomic E-state index is -0.582. The number of nitrogens with two attached hydrogens (primary N) is 1. The van der Waals surface area contributed by atoms with Crippen molar-refractivity contribution in [2.24, 2.45) is 11.7 Å². The minimum Gasteiger partial charge on any atom is -0.354 e. The van der Waals surface area contributed by atoms with Gasteiger partial charge < -0.3 is 16.4 Å². The molecule has 0 spiro atoms. The summed E-state index contributed by atoms with van der Waals surface area (Å²) in [7, 11) is 0. The average molecular weight is 328 g/mol. The maximum absolute atomic E-state index is 11.7. The first-order valence-electron chi connectivity index (χ1n) is 7.26. The van der Waals surface area contributed by atoms with Crippen LogP contribution >= 0.6 is 12.4 Å². The van der Waals surface area contributed by atoms with Crippen molar-refractivity contribution >= 4 is 24.2 Å². The Balaban J connectivity index is 0.00000441. The fourth-order valence-electron chi connectivity index (χ4n) is 1.82. The van der Waals surface area contributed by atoms with Gasteiger partial charge in [0.25, 0.3) is 0 Å². The second-order valence-corrected chi connectivity index (χ2v) is 5.60. The number of carbonyl (C=O) groups excluding carboxylic acids is 2. The Hall–Kier alpha value is -1.59. The van der Waals surface area contributed by atoms with Gasteiger partial charge in [-0.1, -0.05) is 51.1 Å². The highest BCUT2D eigenvalue weighted by Gasteiger charge is 2.17. The topological polar surface area (TPSA) is 84.2 Å². The summed E-state index contributed by atoms with van der Waals surface area (Å²) in [6.45, 7) is 6.27. The van der Waals surface area contributed by atoms with Crippen LogP contribution in [0.25, 0.3) is 0 Å². The first-order valence-corrected chi connectivity index (χ1v) is 7.26. The second-order valence-electron chi connectivity index (χ2n) is 5.60. The van der Waals surface area contributed by atoms with Crippen molar-refractivity contribution in [2.75, 3.05) is 13.1 Å². The zero-order chi connectivity index (χ0) is 15.8. The van der Waals surface area contributed by atoms with Gasteiger partial charge in [-0.05, 0) is 17.4 Å². The van der Waals surface area contributed by atoms with E-state index in [1.807, 2.05) is 51.1 Å². The molecular formula is C16H26ClN3O2. The van der Waals surface area contributed by atoms with Crippen molar-refractivity contribution < 1.29 is 9.59 Å². The van der Waals surface area contributed by atoms with Crippen LogP contribution in [0.15, 0.2) is 30.3 Å². The maximum atomic E-state index is 11.7. The van der Waals surface area contributed by atoms with E-state index in [1.165, 1.54) is 5.56 Å². The van der Waals surface area contributed by atoms with E-state index in [-0.39, 0.29) is 42.6 Å².